The molecule has 0 spiro atoms. The van der Waals surface area contributed by atoms with Crippen molar-refractivity contribution < 1.29 is 8.22 Å². The van der Waals surface area contributed by atoms with Crippen molar-refractivity contribution in [2.24, 2.45) is 0 Å². The molecule has 0 unspecified atom stereocenters. The summed E-state index contributed by atoms with van der Waals surface area (Å²) in [7, 11) is 0. The van der Waals surface area contributed by atoms with Crippen molar-refractivity contribution in [2.75, 3.05) is 0 Å². The smallest absolute Gasteiger partial charge is 0.0991 e. The number of hydrogen-bond donors (Lipinski definition) is 0. The first-order valence-electron chi connectivity index (χ1n) is 7.35. The third-order valence-corrected chi connectivity index (χ3v) is 1.90. The lowest BCUT2D eigenvalue weighted by Gasteiger charge is -2.01. The van der Waals surface area contributed by atoms with Crippen LogP contribution in [0.15, 0.2) is 48.4 Å². The van der Waals surface area contributed by atoms with Crippen LogP contribution in [0, 0.1) is 22.7 Å². The van der Waals surface area contributed by atoms with Gasteiger partial charge in [-0.05, 0) is 35.3 Å². The number of rotatable bonds is 1. The lowest BCUT2D eigenvalue weighted by atomic mass is 10.0. The zero-order valence-corrected chi connectivity index (χ0v) is 8.05. The van der Waals surface area contributed by atoms with E-state index in [9.17, 15) is 0 Å². The molecule has 0 heterocycles. The van der Waals surface area contributed by atoms with E-state index in [1.807, 2.05) is 0 Å². The van der Waals surface area contributed by atoms with Crippen LogP contribution in [0.5, 0.6) is 0 Å². The standard InChI is InChI=1S/C14H8N2/c15-9-11-3-1-5-13(7-11)14-6-2-4-12(8-14)10-16/h1-8H/i1D,2D,3D,4D,5D,6D. The maximum absolute atomic E-state index is 8.99. The zero-order valence-electron chi connectivity index (χ0n) is 14.0. The van der Waals surface area contributed by atoms with Gasteiger partial charge in [0.05, 0.1) is 31.5 Å². The third-order valence-electron chi connectivity index (χ3n) is 1.90. The molecule has 0 aliphatic carbocycles. The molecule has 0 amide bonds. The van der Waals surface area contributed by atoms with Crippen LogP contribution < -0.4 is 0 Å². The topological polar surface area (TPSA) is 47.6 Å². The SMILES string of the molecule is [2H]c1c(C#N)cc(-c2cc(C#N)c([2H])c([2H])c2[2H])c([2H])c1[2H]. The van der Waals surface area contributed by atoms with Crippen molar-refractivity contribution in [3.8, 4) is 23.3 Å². The molecule has 74 valence electrons. The van der Waals surface area contributed by atoms with E-state index in [-0.39, 0.29) is 46.4 Å². The summed E-state index contributed by atoms with van der Waals surface area (Å²) < 4.78 is 46.4. The second kappa shape index (κ2) is 4.29. The summed E-state index contributed by atoms with van der Waals surface area (Å²) in [4.78, 5) is 0. The van der Waals surface area contributed by atoms with Gasteiger partial charge in [-0.15, -0.1) is 0 Å². The second-order valence-corrected chi connectivity index (χ2v) is 2.92. The van der Waals surface area contributed by atoms with Crippen molar-refractivity contribution in [1.82, 2.24) is 0 Å². The minimum absolute atomic E-state index is 0.0209. The zero-order chi connectivity index (χ0) is 16.6. The molecular formula is C14H8N2. The normalized spacial score (nSPS) is 14.4. The molecule has 2 nitrogen and oxygen atoms in total. The number of hydrogen-bond acceptors (Lipinski definition) is 2. The maximum Gasteiger partial charge on any atom is 0.0991 e. The molecule has 0 saturated carbocycles. The molecule has 0 atom stereocenters. The van der Waals surface area contributed by atoms with E-state index in [0.717, 1.165) is 0 Å². The summed E-state index contributed by atoms with van der Waals surface area (Å²) in [6.07, 6.45) is 0. The fourth-order valence-corrected chi connectivity index (χ4v) is 1.18. The van der Waals surface area contributed by atoms with Crippen molar-refractivity contribution in [3.05, 3.63) is 59.5 Å². The Morgan fingerprint density at radius 2 is 1.25 bits per heavy atom. The Bertz CT molecular complexity index is 803. The minimum atomic E-state index is -0.464. The second-order valence-electron chi connectivity index (χ2n) is 2.92. The van der Waals surface area contributed by atoms with Gasteiger partial charge >= 0.3 is 0 Å². The predicted octanol–water partition coefficient (Wildman–Crippen LogP) is 3.10. The highest BCUT2D eigenvalue weighted by molar-refractivity contribution is 5.66. The lowest BCUT2D eigenvalue weighted by molar-refractivity contribution is 1.47. The number of benzene rings is 2. The average Bonchev–Trinajstić information content (AvgIpc) is 2.52. The van der Waals surface area contributed by atoms with Gasteiger partial charge in [-0.2, -0.15) is 10.5 Å². The maximum atomic E-state index is 8.99. The predicted molar refractivity (Wildman–Crippen MR) is 61.3 cm³/mol. The monoisotopic (exact) mass is 210 g/mol. The molecule has 2 aromatic carbocycles. The van der Waals surface area contributed by atoms with Crippen molar-refractivity contribution in [3.63, 3.8) is 0 Å². The molecule has 2 rings (SSSR count). The third kappa shape index (κ3) is 1.92. The van der Waals surface area contributed by atoms with Crippen LogP contribution in [-0.4, -0.2) is 0 Å². The van der Waals surface area contributed by atoms with Crippen molar-refractivity contribution in [2.45, 2.75) is 0 Å². The summed E-state index contributed by atoms with van der Waals surface area (Å²) >= 11 is 0. The molecule has 0 saturated heterocycles. The first-order chi connectivity index (χ1) is 10.3. The summed E-state index contributed by atoms with van der Waals surface area (Å²) in [5.41, 5.74) is -0.217. The Balaban J connectivity index is 2.90. The Kier molecular flexibility index (Phi) is 1.33. The van der Waals surface area contributed by atoms with Gasteiger partial charge in [0.15, 0.2) is 0 Å². The summed E-state index contributed by atoms with van der Waals surface area (Å²) in [5.74, 6) is 0. The van der Waals surface area contributed by atoms with Gasteiger partial charge in [-0.25, -0.2) is 0 Å². The number of nitrogens with zero attached hydrogens (tertiary/aromatic N) is 2. The summed E-state index contributed by atoms with van der Waals surface area (Å²) in [6.45, 7) is 0. The quantitative estimate of drug-likeness (QED) is 0.726. The van der Waals surface area contributed by atoms with E-state index in [2.05, 4.69) is 0 Å². The highest BCUT2D eigenvalue weighted by Gasteiger charge is 1.99. The largest absolute Gasteiger partial charge is 0.192 e. The van der Waals surface area contributed by atoms with Crippen LogP contribution in [0.3, 0.4) is 0 Å². The van der Waals surface area contributed by atoms with Gasteiger partial charge in [0.2, 0.25) is 0 Å². The first-order valence-corrected chi connectivity index (χ1v) is 4.35. The van der Waals surface area contributed by atoms with Gasteiger partial charge in [0.1, 0.15) is 0 Å². The van der Waals surface area contributed by atoms with Crippen LogP contribution in [-0.2, 0) is 0 Å². The lowest BCUT2D eigenvalue weighted by Crippen LogP contribution is -1.81. The van der Waals surface area contributed by atoms with Gasteiger partial charge in [-0.3, -0.25) is 0 Å². The molecule has 0 radical (unpaired) electrons. The fraction of sp³-hybridized carbons (Fsp3) is 0. The molecule has 0 fully saturated rings. The van der Waals surface area contributed by atoms with Gasteiger partial charge in [0.25, 0.3) is 0 Å². The molecular weight excluding hydrogens is 196 g/mol. The highest BCUT2D eigenvalue weighted by Crippen LogP contribution is 2.21. The van der Waals surface area contributed by atoms with Gasteiger partial charge in [0, 0.05) is 0 Å². The van der Waals surface area contributed by atoms with Gasteiger partial charge in [-0.1, -0.05) is 24.2 Å². The Morgan fingerprint density at radius 1 is 0.812 bits per heavy atom. The van der Waals surface area contributed by atoms with E-state index >= 15 is 0 Å². The molecule has 0 N–H and O–H groups in total. The van der Waals surface area contributed by atoms with E-state index in [1.165, 1.54) is 12.1 Å². The fourth-order valence-electron chi connectivity index (χ4n) is 1.18. The van der Waals surface area contributed by atoms with E-state index in [4.69, 9.17) is 18.7 Å². The van der Waals surface area contributed by atoms with Crippen LogP contribution in [0.2, 0.25) is 0 Å². The Labute approximate surface area is 102 Å². The van der Waals surface area contributed by atoms with E-state index in [1.54, 1.807) is 12.1 Å². The molecule has 2 aromatic rings. The van der Waals surface area contributed by atoms with Gasteiger partial charge < -0.3 is 0 Å². The Morgan fingerprint density at radius 3 is 1.62 bits per heavy atom. The van der Waals surface area contributed by atoms with Crippen LogP contribution in [0.1, 0.15) is 19.4 Å². The number of nitriles is 2. The van der Waals surface area contributed by atoms with Crippen molar-refractivity contribution >= 4 is 0 Å². The van der Waals surface area contributed by atoms with Crippen LogP contribution in [0.25, 0.3) is 11.1 Å². The highest BCUT2D eigenvalue weighted by atomic mass is 14.2. The molecule has 0 aromatic heterocycles. The van der Waals surface area contributed by atoms with Crippen LogP contribution in [0.4, 0.5) is 0 Å². The summed E-state index contributed by atoms with van der Waals surface area (Å²) in [6, 6.07) is 3.46. The minimum Gasteiger partial charge on any atom is -0.192 e. The summed E-state index contributed by atoms with van der Waals surface area (Å²) in [5, 5.41) is 18.0. The molecule has 0 bridgehead atoms. The molecule has 0 aliphatic heterocycles. The first kappa shape index (κ1) is 4.96. The molecule has 2 heteroatoms. The van der Waals surface area contributed by atoms with Crippen molar-refractivity contribution in [1.29, 1.82) is 10.5 Å². The van der Waals surface area contributed by atoms with Crippen LogP contribution >= 0.6 is 0 Å². The molecule has 0 aliphatic rings. The van der Waals surface area contributed by atoms with E-state index in [0.29, 0.717) is 0 Å². The average molecular weight is 210 g/mol. The molecule has 16 heavy (non-hydrogen) atoms. The van der Waals surface area contributed by atoms with E-state index < -0.39 is 12.1 Å². The Hall–Kier alpha value is -2.58.